The Bertz CT molecular complexity index is 137. The van der Waals surface area contributed by atoms with Gasteiger partial charge in [0.1, 0.15) is 4.32 Å². The molecule has 0 amide bonds. The Balaban J connectivity index is 2.54. The van der Waals surface area contributed by atoms with Crippen molar-refractivity contribution in [1.29, 1.82) is 0 Å². The van der Waals surface area contributed by atoms with Gasteiger partial charge in [0, 0.05) is 0 Å². The molecule has 0 aliphatic carbocycles. The van der Waals surface area contributed by atoms with E-state index in [1.165, 1.54) is 0 Å². The van der Waals surface area contributed by atoms with E-state index in [0.29, 0.717) is 0 Å². The standard InChI is InChI=1S/C5H10N2S2/c1-3-5(2)7-6-4(8)9-5/h7H,3H2,1-2H3,(H,6,8). The molecule has 1 saturated heterocycles. The topological polar surface area (TPSA) is 24.1 Å². The first-order valence-electron chi connectivity index (χ1n) is 2.92. The van der Waals surface area contributed by atoms with Crippen molar-refractivity contribution in [3.05, 3.63) is 0 Å². The van der Waals surface area contributed by atoms with Crippen molar-refractivity contribution in [2.24, 2.45) is 0 Å². The van der Waals surface area contributed by atoms with Gasteiger partial charge in [-0.25, -0.2) is 5.43 Å². The summed E-state index contributed by atoms with van der Waals surface area (Å²) >= 11 is 6.60. The second-order valence-electron chi connectivity index (χ2n) is 2.22. The lowest BCUT2D eigenvalue weighted by atomic mass is 10.3. The molecule has 0 aromatic heterocycles. The van der Waals surface area contributed by atoms with Gasteiger partial charge in [-0.1, -0.05) is 30.9 Å². The normalized spacial score (nSPS) is 34.7. The summed E-state index contributed by atoms with van der Waals surface area (Å²) in [4.78, 5) is 0.122. The minimum absolute atomic E-state index is 0.122. The summed E-state index contributed by atoms with van der Waals surface area (Å²) in [5, 5.41) is 0. The summed E-state index contributed by atoms with van der Waals surface area (Å²) in [6.07, 6.45) is 1.07. The number of hydrogen-bond acceptors (Lipinski definition) is 3. The van der Waals surface area contributed by atoms with E-state index in [1.807, 2.05) is 0 Å². The summed E-state index contributed by atoms with van der Waals surface area (Å²) in [6, 6.07) is 0. The average molecular weight is 162 g/mol. The van der Waals surface area contributed by atoms with Gasteiger partial charge in [-0.15, -0.1) is 0 Å². The van der Waals surface area contributed by atoms with Crippen LogP contribution in [0.25, 0.3) is 0 Å². The van der Waals surface area contributed by atoms with Crippen LogP contribution in [0.4, 0.5) is 0 Å². The molecule has 1 heterocycles. The van der Waals surface area contributed by atoms with Crippen LogP contribution in [0.3, 0.4) is 0 Å². The first-order chi connectivity index (χ1) is 4.16. The maximum absolute atomic E-state index is 4.92. The average Bonchev–Trinajstić information content (AvgIpc) is 2.13. The van der Waals surface area contributed by atoms with Crippen LogP contribution in [-0.4, -0.2) is 9.19 Å². The fraction of sp³-hybridized carbons (Fsp3) is 0.800. The lowest BCUT2D eigenvalue weighted by Crippen LogP contribution is -2.39. The van der Waals surface area contributed by atoms with Crippen LogP contribution in [-0.2, 0) is 0 Å². The van der Waals surface area contributed by atoms with Gasteiger partial charge in [0.2, 0.25) is 0 Å². The summed E-state index contributed by atoms with van der Waals surface area (Å²) < 4.78 is 0.847. The molecule has 9 heavy (non-hydrogen) atoms. The second kappa shape index (κ2) is 2.44. The molecule has 0 spiro atoms. The van der Waals surface area contributed by atoms with E-state index >= 15 is 0 Å². The SMILES string of the molecule is CCC1(C)NNC(=S)S1. The fourth-order valence-corrected chi connectivity index (χ4v) is 1.96. The van der Waals surface area contributed by atoms with Crippen molar-refractivity contribution < 1.29 is 0 Å². The molecular weight excluding hydrogens is 152 g/mol. The number of thioether (sulfide) groups is 1. The molecule has 2 N–H and O–H groups in total. The Morgan fingerprint density at radius 1 is 1.78 bits per heavy atom. The van der Waals surface area contributed by atoms with E-state index in [9.17, 15) is 0 Å². The molecule has 52 valence electrons. The van der Waals surface area contributed by atoms with Crippen LogP contribution in [0.15, 0.2) is 0 Å². The Hall–Kier alpha value is 0.200. The van der Waals surface area contributed by atoms with Gasteiger partial charge < -0.3 is 5.43 Å². The number of rotatable bonds is 1. The Kier molecular flexibility index (Phi) is 1.98. The van der Waals surface area contributed by atoms with Gasteiger partial charge >= 0.3 is 0 Å². The monoisotopic (exact) mass is 162 g/mol. The minimum atomic E-state index is 0.122. The maximum atomic E-state index is 4.92. The highest BCUT2D eigenvalue weighted by atomic mass is 32.2. The molecular formula is C5H10N2S2. The highest BCUT2D eigenvalue weighted by Gasteiger charge is 2.29. The van der Waals surface area contributed by atoms with E-state index in [1.54, 1.807) is 11.8 Å². The van der Waals surface area contributed by atoms with Gasteiger partial charge in [0.25, 0.3) is 0 Å². The fourth-order valence-electron chi connectivity index (χ4n) is 0.599. The molecule has 2 nitrogen and oxygen atoms in total. The first-order valence-corrected chi connectivity index (χ1v) is 4.15. The van der Waals surface area contributed by atoms with Crippen molar-refractivity contribution in [2.75, 3.05) is 0 Å². The zero-order valence-corrected chi connectivity index (χ0v) is 7.16. The number of thiocarbonyl (C=S) groups is 1. The largest absolute Gasteiger partial charge is 0.305 e. The third-order valence-electron chi connectivity index (χ3n) is 1.42. The van der Waals surface area contributed by atoms with Gasteiger partial charge in [-0.3, -0.25) is 0 Å². The first kappa shape index (κ1) is 7.31. The summed E-state index contributed by atoms with van der Waals surface area (Å²) in [5.74, 6) is 0. The molecule has 1 fully saturated rings. The van der Waals surface area contributed by atoms with Crippen LogP contribution in [0.1, 0.15) is 20.3 Å². The quantitative estimate of drug-likeness (QED) is 0.566. The zero-order valence-electron chi connectivity index (χ0n) is 5.52. The summed E-state index contributed by atoms with van der Waals surface area (Å²) in [7, 11) is 0. The molecule has 0 aromatic carbocycles. The Labute approximate surface area is 64.7 Å². The molecule has 0 bridgehead atoms. The number of hydrazine groups is 1. The number of nitrogens with one attached hydrogen (secondary N) is 2. The van der Waals surface area contributed by atoms with Crippen LogP contribution >= 0.6 is 24.0 Å². The van der Waals surface area contributed by atoms with Gasteiger partial charge in [-0.2, -0.15) is 0 Å². The molecule has 1 atom stereocenters. The lowest BCUT2D eigenvalue weighted by Gasteiger charge is -2.17. The van der Waals surface area contributed by atoms with E-state index in [0.717, 1.165) is 10.7 Å². The maximum Gasteiger partial charge on any atom is 0.149 e. The third kappa shape index (κ3) is 1.56. The van der Waals surface area contributed by atoms with Gasteiger partial charge in [-0.05, 0) is 13.3 Å². The molecule has 1 rings (SSSR count). The van der Waals surface area contributed by atoms with Crippen LogP contribution < -0.4 is 10.9 Å². The van der Waals surface area contributed by atoms with Crippen molar-refractivity contribution in [3.8, 4) is 0 Å². The van der Waals surface area contributed by atoms with E-state index in [2.05, 4.69) is 24.7 Å². The second-order valence-corrected chi connectivity index (χ2v) is 4.40. The summed E-state index contributed by atoms with van der Waals surface area (Å²) in [6.45, 7) is 4.26. The van der Waals surface area contributed by atoms with E-state index in [4.69, 9.17) is 12.2 Å². The number of hydrogen-bond donors (Lipinski definition) is 2. The molecule has 4 heteroatoms. The Morgan fingerprint density at radius 3 is 2.67 bits per heavy atom. The minimum Gasteiger partial charge on any atom is -0.305 e. The van der Waals surface area contributed by atoms with Crippen molar-refractivity contribution >= 4 is 28.3 Å². The van der Waals surface area contributed by atoms with Crippen molar-refractivity contribution in [1.82, 2.24) is 10.9 Å². The van der Waals surface area contributed by atoms with Crippen LogP contribution in [0, 0.1) is 0 Å². The van der Waals surface area contributed by atoms with Gasteiger partial charge in [0.05, 0.1) is 4.87 Å². The summed E-state index contributed by atoms with van der Waals surface area (Å²) in [5.41, 5.74) is 6.01. The molecule has 0 aromatic rings. The molecule has 0 radical (unpaired) electrons. The third-order valence-corrected chi connectivity index (χ3v) is 2.90. The predicted octanol–water partition coefficient (Wildman–Crippen LogP) is 1.24. The smallest absolute Gasteiger partial charge is 0.149 e. The highest BCUT2D eigenvalue weighted by Crippen LogP contribution is 2.29. The van der Waals surface area contributed by atoms with Crippen LogP contribution in [0.5, 0.6) is 0 Å². The Morgan fingerprint density at radius 2 is 2.44 bits per heavy atom. The molecule has 1 aliphatic rings. The van der Waals surface area contributed by atoms with Gasteiger partial charge in [0.15, 0.2) is 0 Å². The zero-order chi connectivity index (χ0) is 6.91. The molecule has 1 aliphatic heterocycles. The van der Waals surface area contributed by atoms with E-state index < -0.39 is 0 Å². The van der Waals surface area contributed by atoms with Crippen molar-refractivity contribution in [3.63, 3.8) is 0 Å². The highest BCUT2D eigenvalue weighted by molar-refractivity contribution is 8.24. The van der Waals surface area contributed by atoms with Crippen LogP contribution in [0.2, 0.25) is 0 Å². The molecule has 1 unspecified atom stereocenters. The lowest BCUT2D eigenvalue weighted by molar-refractivity contribution is 0.484. The molecule has 0 saturated carbocycles. The predicted molar refractivity (Wildman–Crippen MR) is 45.2 cm³/mol. The van der Waals surface area contributed by atoms with Crippen molar-refractivity contribution in [2.45, 2.75) is 25.1 Å². The van der Waals surface area contributed by atoms with E-state index in [-0.39, 0.29) is 4.87 Å².